The molecule has 2 amide bonds. The highest BCUT2D eigenvalue weighted by molar-refractivity contribution is 7.93. The molecule has 0 bridgehead atoms. The molecule has 0 spiro atoms. The van der Waals surface area contributed by atoms with E-state index in [-0.39, 0.29) is 11.8 Å². The van der Waals surface area contributed by atoms with E-state index in [9.17, 15) is 13.2 Å². The molecule has 1 heterocycles. The third kappa shape index (κ3) is 3.80. The van der Waals surface area contributed by atoms with Gasteiger partial charge in [-0.05, 0) is 55.0 Å². The molecule has 0 saturated carbocycles. The van der Waals surface area contributed by atoms with Gasteiger partial charge in [-0.15, -0.1) is 0 Å². The maximum absolute atomic E-state index is 11.9. The Morgan fingerprint density at radius 3 is 2.00 bits per heavy atom. The van der Waals surface area contributed by atoms with Crippen molar-refractivity contribution in [2.45, 2.75) is 6.42 Å². The third-order valence-corrected chi connectivity index (χ3v) is 5.74. The standard InChI is InChI=1S/C16H16ClN3O3S/c17-12-2-4-13(5-3-12)18-16(21)19-14-6-8-15(9-7-14)20-10-1-11-24(20,22)23/h2-9H,1,10-11H2,(H2,18,19,21). The van der Waals surface area contributed by atoms with Crippen molar-refractivity contribution in [1.82, 2.24) is 0 Å². The fraction of sp³-hybridized carbons (Fsp3) is 0.188. The molecule has 0 aliphatic carbocycles. The summed E-state index contributed by atoms with van der Waals surface area (Å²) in [4.78, 5) is 11.9. The number of halogens is 1. The van der Waals surface area contributed by atoms with Crippen molar-refractivity contribution in [3.05, 3.63) is 53.6 Å². The van der Waals surface area contributed by atoms with Gasteiger partial charge in [-0.2, -0.15) is 0 Å². The molecule has 126 valence electrons. The first-order chi connectivity index (χ1) is 11.4. The lowest BCUT2D eigenvalue weighted by Gasteiger charge is -2.17. The van der Waals surface area contributed by atoms with Crippen molar-refractivity contribution >= 4 is 44.7 Å². The Morgan fingerprint density at radius 2 is 1.50 bits per heavy atom. The van der Waals surface area contributed by atoms with Crippen LogP contribution >= 0.6 is 11.6 Å². The van der Waals surface area contributed by atoms with E-state index in [2.05, 4.69) is 10.6 Å². The summed E-state index contributed by atoms with van der Waals surface area (Å²) < 4.78 is 25.2. The lowest BCUT2D eigenvalue weighted by atomic mass is 10.2. The molecule has 1 aliphatic heterocycles. The van der Waals surface area contributed by atoms with Crippen molar-refractivity contribution in [1.29, 1.82) is 0 Å². The average Bonchev–Trinajstić information content (AvgIpc) is 2.90. The molecule has 0 unspecified atom stereocenters. The van der Waals surface area contributed by atoms with Gasteiger partial charge in [-0.3, -0.25) is 4.31 Å². The first kappa shape index (κ1) is 16.6. The summed E-state index contributed by atoms with van der Waals surface area (Å²) >= 11 is 5.79. The molecular weight excluding hydrogens is 350 g/mol. The number of carbonyl (C=O) groups is 1. The number of amides is 2. The minimum Gasteiger partial charge on any atom is -0.308 e. The quantitative estimate of drug-likeness (QED) is 0.873. The summed E-state index contributed by atoms with van der Waals surface area (Å²) in [6.07, 6.45) is 0.631. The summed E-state index contributed by atoms with van der Waals surface area (Å²) in [5.74, 6) is 0.177. The zero-order valence-electron chi connectivity index (χ0n) is 12.7. The van der Waals surface area contributed by atoms with Crippen LogP contribution in [0.1, 0.15) is 6.42 Å². The van der Waals surface area contributed by atoms with Crippen LogP contribution in [0.15, 0.2) is 48.5 Å². The molecule has 8 heteroatoms. The van der Waals surface area contributed by atoms with Crippen LogP contribution in [0.5, 0.6) is 0 Å². The van der Waals surface area contributed by atoms with E-state index in [1.807, 2.05) is 0 Å². The maximum atomic E-state index is 11.9. The van der Waals surface area contributed by atoms with E-state index in [0.717, 1.165) is 0 Å². The Labute approximate surface area is 145 Å². The second-order valence-corrected chi connectivity index (χ2v) is 7.82. The number of carbonyl (C=O) groups excluding carboxylic acids is 1. The van der Waals surface area contributed by atoms with E-state index in [1.54, 1.807) is 48.5 Å². The largest absolute Gasteiger partial charge is 0.323 e. The first-order valence-corrected chi connectivity index (χ1v) is 9.37. The van der Waals surface area contributed by atoms with E-state index in [0.29, 0.717) is 35.1 Å². The molecule has 0 radical (unpaired) electrons. The lowest BCUT2D eigenvalue weighted by Crippen LogP contribution is -2.25. The second kappa shape index (κ2) is 6.70. The number of anilines is 3. The second-order valence-electron chi connectivity index (χ2n) is 5.37. The zero-order valence-corrected chi connectivity index (χ0v) is 14.3. The molecule has 1 fully saturated rings. The van der Waals surface area contributed by atoms with Crippen molar-refractivity contribution < 1.29 is 13.2 Å². The van der Waals surface area contributed by atoms with Gasteiger partial charge in [-0.25, -0.2) is 13.2 Å². The first-order valence-electron chi connectivity index (χ1n) is 7.38. The molecule has 1 saturated heterocycles. The Hall–Kier alpha value is -2.25. The predicted octanol–water partition coefficient (Wildman–Crippen LogP) is 3.52. The van der Waals surface area contributed by atoms with Crippen molar-refractivity contribution in [2.24, 2.45) is 0 Å². The SMILES string of the molecule is O=C(Nc1ccc(Cl)cc1)Nc1ccc(N2CCCS2(=O)=O)cc1. The maximum Gasteiger partial charge on any atom is 0.323 e. The topological polar surface area (TPSA) is 78.5 Å². The minimum atomic E-state index is -3.20. The number of hydrogen-bond acceptors (Lipinski definition) is 3. The van der Waals surface area contributed by atoms with E-state index in [4.69, 9.17) is 11.6 Å². The number of nitrogens with one attached hydrogen (secondary N) is 2. The normalized spacial score (nSPS) is 16.0. The molecule has 6 nitrogen and oxygen atoms in total. The van der Waals surface area contributed by atoms with Gasteiger partial charge in [0.1, 0.15) is 0 Å². The van der Waals surface area contributed by atoms with Gasteiger partial charge in [-0.1, -0.05) is 11.6 Å². The summed E-state index contributed by atoms with van der Waals surface area (Å²) in [5, 5.41) is 5.97. The van der Waals surface area contributed by atoms with Crippen LogP contribution in [0.2, 0.25) is 5.02 Å². The number of urea groups is 1. The molecule has 2 aromatic rings. The van der Waals surface area contributed by atoms with Crippen molar-refractivity contribution in [3.63, 3.8) is 0 Å². The molecule has 2 aromatic carbocycles. The fourth-order valence-electron chi connectivity index (χ4n) is 2.47. The van der Waals surface area contributed by atoms with Gasteiger partial charge in [0.2, 0.25) is 10.0 Å². The van der Waals surface area contributed by atoms with E-state index >= 15 is 0 Å². The highest BCUT2D eigenvalue weighted by Crippen LogP contribution is 2.25. The number of nitrogens with zero attached hydrogens (tertiary/aromatic N) is 1. The fourth-order valence-corrected chi connectivity index (χ4v) is 4.16. The van der Waals surface area contributed by atoms with Crippen LogP contribution in [-0.4, -0.2) is 26.7 Å². The smallest absolute Gasteiger partial charge is 0.308 e. The molecule has 3 rings (SSSR count). The number of benzene rings is 2. The summed E-state index contributed by atoms with van der Waals surface area (Å²) in [5.41, 5.74) is 1.80. The Kier molecular flexibility index (Phi) is 4.64. The van der Waals surface area contributed by atoms with Gasteiger partial charge in [0.05, 0.1) is 11.4 Å². The number of rotatable bonds is 3. The van der Waals surface area contributed by atoms with Crippen molar-refractivity contribution in [2.75, 3.05) is 27.2 Å². The monoisotopic (exact) mass is 365 g/mol. The Bertz CT molecular complexity index is 836. The Balaban J connectivity index is 1.63. The average molecular weight is 366 g/mol. The van der Waals surface area contributed by atoms with Gasteiger partial charge in [0.25, 0.3) is 0 Å². The third-order valence-electron chi connectivity index (χ3n) is 3.61. The molecule has 0 aromatic heterocycles. The summed E-state index contributed by atoms with van der Waals surface area (Å²) in [7, 11) is -3.20. The minimum absolute atomic E-state index is 0.177. The number of hydrogen-bond donors (Lipinski definition) is 2. The zero-order chi connectivity index (χ0) is 17.2. The van der Waals surface area contributed by atoms with Gasteiger partial charge < -0.3 is 10.6 Å². The van der Waals surface area contributed by atoms with Gasteiger partial charge >= 0.3 is 6.03 Å². The Morgan fingerprint density at radius 1 is 0.958 bits per heavy atom. The molecule has 0 atom stereocenters. The van der Waals surface area contributed by atoms with E-state index in [1.165, 1.54) is 4.31 Å². The lowest BCUT2D eigenvalue weighted by molar-refractivity contribution is 0.262. The van der Waals surface area contributed by atoms with E-state index < -0.39 is 10.0 Å². The molecule has 2 N–H and O–H groups in total. The molecule has 1 aliphatic rings. The highest BCUT2D eigenvalue weighted by Gasteiger charge is 2.28. The van der Waals surface area contributed by atoms with Crippen LogP contribution < -0.4 is 14.9 Å². The van der Waals surface area contributed by atoms with Crippen LogP contribution in [0, 0.1) is 0 Å². The summed E-state index contributed by atoms with van der Waals surface area (Å²) in [6.45, 7) is 0.492. The molecule has 24 heavy (non-hydrogen) atoms. The van der Waals surface area contributed by atoms with Gasteiger partial charge in [0, 0.05) is 22.9 Å². The van der Waals surface area contributed by atoms with Crippen molar-refractivity contribution in [3.8, 4) is 0 Å². The molecular formula is C16H16ClN3O3S. The highest BCUT2D eigenvalue weighted by atomic mass is 35.5. The van der Waals surface area contributed by atoms with Crippen LogP contribution in [0.4, 0.5) is 21.9 Å². The van der Waals surface area contributed by atoms with Crippen LogP contribution in [0.25, 0.3) is 0 Å². The number of sulfonamides is 1. The van der Waals surface area contributed by atoms with Crippen LogP contribution in [-0.2, 0) is 10.0 Å². The summed E-state index contributed by atoms with van der Waals surface area (Å²) in [6, 6.07) is 13.1. The van der Waals surface area contributed by atoms with Crippen LogP contribution in [0.3, 0.4) is 0 Å². The predicted molar refractivity (Wildman–Crippen MR) is 96.3 cm³/mol. The van der Waals surface area contributed by atoms with Gasteiger partial charge in [0.15, 0.2) is 0 Å².